The van der Waals surface area contributed by atoms with Crippen LogP contribution in [-0.4, -0.2) is 0 Å². The molecule has 0 aliphatic rings. The van der Waals surface area contributed by atoms with Gasteiger partial charge in [-0.15, -0.1) is 0 Å². The molecule has 1 nitrogen and oxygen atoms in total. The van der Waals surface area contributed by atoms with Gasteiger partial charge in [-0.2, -0.15) is 0 Å². The van der Waals surface area contributed by atoms with Crippen LogP contribution >= 0.6 is 0 Å². The normalized spacial score (nSPS) is 10.8. The largest absolute Gasteiger partial charge is 0.398 e. The zero-order valence-corrected chi connectivity index (χ0v) is 7.67. The molecule has 1 aromatic rings. The van der Waals surface area contributed by atoms with Crippen molar-refractivity contribution in [1.29, 1.82) is 0 Å². The van der Waals surface area contributed by atoms with Gasteiger partial charge < -0.3 is 5.73 Å². The Morgan fingerprint density at radius 1 is 1.42 bits per heavy atom. The first-order valence-electron chi connectivity index (χ1n) is 4.27. The van der Waals surface area contributed by atoms with Crippen LogP contribution < -0.4 is 5.73 Å². The smallest absolute Gasteiger partial charge is 0.0390 e. The summed E-state index contributed by atoms with van der Waals surface area (Å²) >= 11 is 0. The standard InChI is InChI=1S/C11H15N/c1-3-4-7-10-9(2)6-5-8-11(10)12/h4-8H,3,12H2,1-2H3/b7-4-. The molecule has 0 radical (unpaired) electrons. The number of benzene rings is 1. The Morgan fingerprint density at radius 2 is 2.17 bits per heavy atom. The Morgan fingerprint density at radius 3 is 2.75 bits per heavy atom. The minimum atomic E-state index is 0.861. The molecule has 0 amide bonds. The van der Waals surface area contributed by atoms with Crippen molar-refractivity contribution < 1.29 is 0 Å². The quantitative estimate of drug-likeness (QED) is 0.663. The monoisotopic (exact) mass is 161 g/mol. The van der Waals surface area contributed by atoms with Crippen molar-refractivity contribution in [3.8, 4) is 0 Å². The second-order valence-electron chi connectivity index (χ2n) is 2.89. The Bertz CT molecular complexity index is 267. The van der Waals surface area contributed by atoms with E-state index in [1.165, 1.54) is 5.56 Å². The van der Waals surface area contributed by atoms with Gasteiger partial charge in [-0.25, -0.2) is 0 Å². The van der Waals surface area contributed by atoms with Crippen molar-refractivity contribution in [2.24, 2.45) is 0 Å². The lowest BCUT2D eigenvalue weighted by Crippen LogP contribution is -1.91. The average molecular weight is 161 g/mol. The van der Waals surface area contributed by atoms with Gasteiger partial charge >= 0.3 is 0 Å². The van der Waals surface area contributed by atoms with Gasteiger partial charge in [-0.1, -0.05) is 31.2 Å². The van der Waals surface area contributed by atoms with E-state index < -0.39 is 0 Å². The van der Waals surface area contributed by atoms with Crippen LogP contribution in [0.5, 0.6) is 0 Å². The van der Waals surface area contributed by atoms with Gasteiger partial charge in [0.25, 0.3) is 0 Å². The highest BCUT2D eigenvalue weighted by molar-refractivity contribution is 5.67. The topological polar surface area (TPSA) is 26.0 Å². The molecular weight excluding hydrogens is 146 g/mol. The molecule has 0 aliphatic carbocycles. The van der Waals surface area contributed by atoms with E-state index in [9.17, 15) is 0 Å². The zero-order chi connectivity index (χ0) is 8.97. The Kier molecular flexibility index (Phi) is 2.92. The van der Waals surface area contributed by atoms with Crippen LogP contribution in [0.25, 0.3) is 6.08 Å². The number of aryl methyl sites for hydroxylation is 1. The maximum atomic E-state index is 5.81. The molecule has 0 aliphatic heterocycles. The fraction of sp³-hybridized carbons (Fsp3) is 0.273. The molecule has 12 heavy (non-hydrogen) atoms. The second kappa shape index (κ2) is 3.96. The van der Waals surface area contributed by atoms with Crippen molar-refractivity contribution in [2.45, 2.75) is 20.3 Å². The van der Waals surface area contributed by atoms with E-state index in [1.54, 1.807) is 0 Å². The second-order valence-corrected chi connectivity index (χ2v) is 2.89. The molecule has 1 aromatic carbocycles. The van der Waals surface area contributed by atoms with Gasteiger partial charge in [0, 0.05) is 5.69 Å². The summed E-state index contributed by atoms with van der Waals surface area (Å²) in [6.07, 6.45) is 5.26. The average Bonchev–Trinajstić information content (AvgIpc) is 2.04. The van der Waals surface area contributed by atoms with Crippen LogP contribution in [0.3, 0.4) is 0 Å². The molecule has 0 spiro atoms. The number of allylic oxidation sites excluding steroid dienone is 1. The van der Waals surface area contributed by atoms with Crippen molar-refractivity contribution in [3.05, 3.63) is 35.4 Å². The molecule has 2 N–H and O–H groups in total. The van der Waals surface area contributed by atoms with Gasteiger partial charge in [0.05, 0.1) is 0 Å². The third kappa shape index (κ3) is 1.88. The van der Waals surface area contributed by atoms with Crippen LogP contribution in [-0.2, 0) is 0 Å². The van der Waals surface area contributed by atoms with Crippen molar-refractivity contribution in [3.63, 3.8) is 0 Å². The van der Waals surface area contributed by atoms with Crippen LogP contribution in [0, 0.1) is 6.92 Å². The Labute approximate surface area is 73.9 Å². The number of hydrogen-bond donors (Lipinski definition) is 1. The molecule has 0 atom stereocenters. The number of nitrogen functional groups attached to an aromatic ring is 1. The maximum absolute atomic E-state index is 5.81. The third-order valence-corrected chi connectivity index (χ3v) is 1.88. The van der Waals surface area contributed by atoms with E-state index in [4.69, 9.17) is 5.73 Å². The summed E-state index contributed by atoms with van der Waals surface area (Å²) in [6.45, 7) is 4.19. The first kappa shape index (κ1) is 8.85. The minimum absolute atomic E-state index is 0.861. The summed E-state index contributed by atoms with van der Waals surface area (Å²) in [5, 5.41) is 0. The molecular formula is C11H15N. The van der Waals surface area contributed by atoms with E-state index in [1.807, 2.05) is 12.1 Å². The summed E-state index contributed by atoms with van der Waals surface area (Å²) in [7, 11) is 0. The zero-order valence-electron chi connectivity index (χ0n) is 7.67. The molecule has 0 heterocycles. The van der Waals surface area contributed by atoms with Crippen LogP contribution in [0.1, 0.15) is 24.5 Å². The van der Waals surface area contributed by atoms with Gasteiger partial charge in [-0.3, -0.25) is 0 Å². The molecule has 0 aromatic heterocycles. The van der Waals surface area contributed by atoms with Crippen molar-refractivity contribution in [2.75, 3.05) is 5.73 Å². The van der Waals surface area contributed by atoms with Crippen LogP contribution in [0.4, 0.5) is 5.69 Å². The third-order valence-electron chi connectivity index (χ3n) is 1.88. The highest BCUT2D eigenvalue weighted by Gasteiger charge is 1.96. The lowest BCUT2D eigenvalue weighted by Gasteiger charge is -2.03. The molecule has 0 saturated carbocycles. The first-order chi connectivity index (χ1) is 5.75. The number of rotatable bonds is 2. The molecule has 1 heteroatoms. The maximum Gasteiger partial charge on any atom is 0.0390 e. The van der Waals surface area contributed by atoms with Crippen molar-refractivity contribution in [1.82, 2.24) is 0 Å². The van der Waals surface area contributed by atoms with Crippen LogP contribution in [0.2, 0.25) is 0 Å². The summed E-state index contributed by atoms with van der Waals surface area (Å²) in [5.41, 5.74) is 9.06. The Hall–Kier alpha value is -1.24. The number of hydrogen-bond acceptors (Lipinski definition) is 1. The predicted octanol–water partition coefficient (Wildman–Crippen LogP) is 3.00. The SMILES string of the molecule is CC/C=C\c1c(C)cccc1N. The van der Waals surface area contributed by atoms with Crippen LogP contribution in [0.15, 0.2) is 24.3 Å². The lowest BCUT2D eigenvalue weighted by molar-refractivity contribution is 1.23. The highest BCUT2D eigenvalue weighted by Crippen LogP contribution is 2.17. The highest BCUT2D eigenvalue weighted by atomic mass is 14.6. The van der Waals surface area contributed by atoms with Crippen molar-refractivity contribution >= 4 is 11.8 Å². The summed E-state index contributed by atoms with van der Waals surface area (Å²) < 4.78 is 0. The predicted molar refractivity (Wildman–Crippen MR) is 54.9 cm³/mol. The van der Waals surface area contributed by atoms with E-state index >= 15 is 0 Å². The van der Waals surface area contributed by atoms with E-state index in [-0.39, 0.29) is 0 Å². The summed E-state index contributed by atoms with van der Waals surface area (Å²) in [6, 6.07) is 5.99. The summed E-state index contributed by atoms with van der Waals surface area (Å²) in [4.78, 5) is 0. The molecule has 64 valence electrons. The summed E-state index contributed by atoms with van der Waals surface area (Å²) in [5.74, 6) is 0. The van der Waals surface area contributed by atoms with E-state index in [2.05, 4.69) is 32.1 Å². The first-order valence-corrected chi connectivity index (χ1v) is 4.27. The molecule has 1 rings (SSSR count). The molecule has 0 bridgehead atoms. The number of anilines is 1. The van der Waals surface area contributed by atoms with E-state index in [0.717, 1.165) is 17.7 Å². The lowest BCUT2D eigenvalue weighted by atomic mass is 10.1. The molecule has 0 fully saturated rings. The fourth-order valence-corrected chi connectivity index (χ4v) is 1.17. The molecule has 0 saturated heterocycles. The van der Waals surface area contributed by atoms with Gasteiger partial charge in [0.2, 0.25) is 0 Å². The van der Waals surface area contributed by atoms with Gasteiger partial charge in [0.15, 0.2) is 0 Å². The Balaban J connectivity index is 3.04. The minimum Gasteiger partial charge on any atom is -0.398 e. The van der Waals surface area contributed by atoms with E-state index in [0.29, 0.717) is 0 Å². The van der Waals surface area contributed by atoms with Gasteiger partial charge in [0.1, 0.15) is 0 Å². The molecule has 0 unspecified atom stereocenters. The number of nitrogens with two attached hydrogens (primary N) is 1. The van der Waals surface area contributed by atoms with Gasteiger partial charge in [-0.05, 0) is 30.5 Å². The fourth-order valence-electron chi connectivity index (χ4n) is 1.17.